The number of carboxylic acids is 3. The van der Waals surface area contributed by atoms with E-state index in [1.165, 1.54) is 0 Å². The standard InChI is InChI=1S/C7H8O8.2Na.2H/c8-3-15-7(6(13)14,1-4(9)10)2-5(11)12;;;;/h3H,1-2H2,(H,9,10)(H,11,12)(H,13,14);;;;. The Hall–Kier alpha value is -0.120. The molecule has 10 heteroatoms. The summed E-state index contributed by atoms with van der Waals surface area (Å²) in [5.74, 6) is -4.99. The van der Waals surface area contributed by atoms with Crippen molar-refractivity contribution in [3.63, 3.8) is 0 Å². The molecule has 0 aromatic rings. The molecule has 0 atom stereocenters. The molecule has 8 nitrogen and oxygen atoms in total. The van der Waals surface area contributed by atoms with Crippen LogP contribution in [-0.2, 0) is 23.9 Å². The number of ether oxygens (including phenoxy) is 1. The predicted molar refractivity (Wildman–Crippen MR) is 56.3 cm³/mol. The van der Waals surface area contributed by atoms with E-state index in [0.717, 1.165) is 0 Å². The third kappa shape index (κ3) is 7.74. The normalized spacial score (nSPS) is 9.18. The second kappa shape index (κ2) is 9.86. The van der Waals surface area contributed by atoms with Crippen LogP contribution in [0.25, 0.3) is 0 Å². The number of hydrogen-bond acceptors (Lipinski definition) is 5. The molecule has 0 heterocycles. The summed E-state index contributed by atoms with van der Waals surface area (Å²) >= 11 is 0. The molecule has 0 bridgehead atoms. The van der Waals surface area contributed by atoms with Crippen molar-refractivity contribution in [2.24, 2.45) is 0 Å². The first kappa shape index (κ1) is 22.1. The summed E-state index contributed by atoms with van der Waals surface area (Å²) < 4.78 is 4.07. The van der Waals surface area contributed by atoms with Crippen molar-refractivity contribution < 1.29 is 39.2 Å². The minimum absolute atomic E-state index is 0. The van der Waals surface area contributed by atoms with Crippen LogP contribution in [0.15, 0.2) is 0 Å². The summed E-state index contributed by atoms with van der Waals surface area (Å²) in [6, 6.07) is 0. The van der Waals surface area contributed by atoms with Gasteiger partial charge in [-0.3, -0.25) is 14.4 Å². The molecule has 0 unspecified atom stereocenters. The third-order valence-electron chi connectivity index (χ3n) is 1.54. The monoisotopic (exact) mass is 268 g/mol. The zero-order chi connectivity index (χ0) is 12.1. The van der Waals surface area contributed by atoms with Gasteiger partial charge in [0.2, 0.25) is 5.60 Å². The molecule has 0 aromatic carbocycles. The first-order valence-corrected chi connectivity index (χ1v) is 3.62. The van der Waals surface area contributed by atoms with Gasteiger partial charge >= 0.3 is 77.0 Å². The van der Waals surface area contributed by atoms with Gasteiger partial charge in [-0.2, -0.15) is 0 Å². The number of rotatable bonds is 7. The Morgan fingerprint density at radius 1 is 1.00 bits per heavy atom. The van der Waals surface area contributed by atoms with Crippen molar-refractivity contribution in [3.05, 3.63) is 0 Å². The molecule has 0 saturated heterocycles. The molecule has 3 N–H and O–H groups in total. The Bertz CT molecular complexity index is 286. The number of aliphatic carboxylic acids is 3. The maximum absolute atomic E-state index is 10.7. The average molecular weight is 268 g/mol. The molecule has 0 aliphatic carbocycles. The van der Waals surface area contributed by atoms with Gasteiger partial charge in [-0.1, -0.05) is 0 Å². The zero-order valence-corrected chi connectivity index (χ0v) is 7.37. The summed E-state index contributed by atoms with van der Waals surface area (Å²) in [4.78, 5) is 41.3. The van der Waals surface area contributed by atoms with Crippen LogP contribution >= 0.6 is 0 Å². The van der Waals surface area contributed by atoms with Gasteiger partial charge in [-0.25, -0.2) is 4.79 Å². The van der Waals surface area contributed by atoms with Crippen LogP contribution in [0.2, 0.25) is 0 Å². The van der Waals surface area contributed by atoms with E-state index < -0.39 is 36.4 Å². The molecule has 0 rings (SSSR count). The van der Waals surface area contributed by atoms with Crippen molar-refractivity contribution in [3.8, 4) is 0 Å². The molecular weight excluding hydrogens is 258 g/mol. The first-order chi connectivity index (χ1) is 6.84. The Kier molecular flexibility index (Phi) is 12.8. The van der Waals surface area contributed by atoms with Gasteiger partial charge in [-0.15, -0.1) is 0 Å². The summed E-state index contributed by atoms with van der Waals surface area (Å²) in [5, 5.41) is 25.4. The van der Waals surface area contributed by atoms with E-state index in [0.29, 0.717) is 0 Å². The second-order valence-corrected chi connectivity index (χ2v) is 2.65. The number of carbonyl (C=O) groups excluding carboxylic acids is 1. The van der Waals surface area contributed by atoms with Gasteiger partial charge in [0.1, 0.15) is 0 Å². The van der Waals surface area contributed by atoms with Crippen LogP contribution in [0.5, 0.6) is 0 Å². The van der Waals surface area contributed by atoms with Crippen molar-refractivity contribution >= 4 is 83.5 Å². The summed E-state index contributed by atoms with van der Waals surface area (Å²) in [6.45, 7) is -0.292. The van der Waals surface area contributed by atoms with E-state index in [4.69, 9.17) is 15.3 Å². The molecule has 0 aliphatic heterocycles. The second-order valence-electron chi connectivity index (χ2n) is 2.65. The van der Waals surface area contributed by atoms with Crippen LogP contribution in [0.4, 0.5) is 0 Å². The SMILES string of the molecule is O=COC(CC(=O)O)(CC(=O)O)C(=O)O.[NaH].[NaH]. The van der Waals surface area contributed by atoms with Crippen LogP contribution in [0.3, 0.4) is 0 Å². The number of carboxylic acid groups (broad SMARTS) is 3. The molecule has 0 radical (unpaired) electrons. The van der Waals surface area contributed by atoms with E-state index in [9.17, 15) is 19.2 Å². The molecule has 17 heavy (non-hydrogen) atoms. The van der Waals surface area contributed by atoms with Gasteiger partial charge in [-0.05, 0) is 0 Å². The van der Waals surface area contributed by atoms with Crippen LogP contribution < -0.4 is 0 Å². The Labute approximate surface area is 140 Å². The van der Waals surface area contributed by atoms with Gasteiger partial charge in [0.05, 0.1) is 12.8 Å². The van der Waals surface area contributed by atoms with E-state index >= 15 is 0 Å². The van der Waals surface area contributed by atoms with Crippen LogP contribution in [0.1, 0.15) is 12.8 Å². The molecule has 0 amide bonds. The van der Waals surface area contributed by atoms with Crippen molar-refractivity contribution in [1.29, 1.82) is 0 Å². The Morgan fingerprint density at radius 3 is 1.53 bits per heavy atom. The fraction of sp³-hybridized carbons (Fsp3) is 0.429. The van der Waals surface area contributed by atoms with Crippen LogP contribution in [-0.4, -0.2) is 104 Å². The maximum atomic E-state index is 10.7. The fourth-order valence-corrected chi connectivity index (χ4v) is 0.928. The average Bonchev–Trinajstić information content (AvgIpc) is 2.01. The van der Waals surface area contributed by atoms with Crippen LogP contribution in [0, 0.1) is 0 Å². The van der Waals surface area contributed by atoms with Gasteiger partial charge < -0.3 is 20.1 Å². The Morgan fingerprint density at radius 2 is 1.35 bits per heavy atom. The first-order valence-electron chi connectivity index (χ1n) is 3.62. The van der Waals surface area contributed by atoms with Crippen molar-refractivity contribution in [2.45, 2.75) is 18.4 Å². The fourth-order valence-electron chi connectivity index (χ4n) is 0.928. The molecule has 88 valence electrons. The molecule has 0 aliphatic rings. The molecular formula is C7H10Na2O8. The van der Waals surface area contributed by atoms with Gasteiger partial charge in [0.15, 0.2) is 0 Å². The molecule has 0 saturated carbocycles. The van der Waals surface area contributed by atoms with E-state index in [1.807, 2.05) is 0 Å². The minimum atomic E-state index is -2.56. The van der Waals surface area contributed by atoms with Gasteiger partial charge in [0, 0.05) is 0 Å². The predicted octanol–water partition coefficient (Wildman–Crippen LogP) is -2.36. The molecule has 0 aromatic heterocycles. The van der Waals surface area contributed by atoms with E-state index in [-0.39, 0.29) is 65.6 Å². The molecule has 0 fully saturated rings. The van der Waals surface area contributed by atoms with E-state index in [1.54, 1.807) is 0 Å². The van der Waals surface area contributed by atoms with Crippen molar-refractivity contribution in [1.82, 2.24) is 0 Å². The molecule has 0 spiro atoms. The van der Waals surface area contributed by atoms with Gasteiger partial charge in [0.25, 0.3) is 6.47 Å². The quantitative estimate of drug-likeness (QED) is 0.344. The van der Waals surface area contributed by atoms with Crippen molar-refractivity contribution in [2.75, 3.05) is 0 Å². The zero-order valence-electron chi connectivity index (χ0n) is 7.37. The topological polar surface area (TPSA) is 138 Å². The van der Waals surface area contributed by atoms with E-state index in [2.05, 4.69) is 4.74 Å². The number of carbonyl (C=O) groups is 4. The third-order valence-corrected chi connectivity index (χ3v) is 1.54. The summed E-state index contributed by atoms with van der Waals surface area (Å²) in [5.41, 5.74) is -2.56. The summed E-state index contributed by atoms with van der Waals surface area (Å²) in [6.07, 6.45) is -2.24. The summed E-state index contributed by atoms with van der Waals surface area (Å²) in [7, 11) is 0. The number of hydrogen-bond donors (Lipinski definition) is 3. The Balaban J connectivity index is -0.000000980.